The van der Waals surface area contributed by atoms with Gasteiger partial charge in [-0.15, -0.1) is 0 Å². The Morgan fingerprint density at radius 3 is 2.63 bits per heavy atom. The quantitative estimate of drug-likeness (QED) is 0.758. The summed E-state index contributed by atoms with van der Waals surface area (Å²) in [7, 11) is -1.08. The lowest BCUT2D eigenvalue weighted by Gasteiger charge is -2.11. The highest BCUT2D eigenvalue weighted by atomic mass is 32.2. The summed E-state index contributed by atoms with van der Waals surface area (Å²) in [5.41, 5.74) is 0. The van der Waals surface area contributed by atoms with Gasteiger partial charge in [-0.25, -0.2) is 9.37 Å². The maximum Gasteiger partial charge on any atom is 0.254 e. The monoisotopic (exact) mass is 440 g/mol. The molecule has 1 aromatic heterocycles. The minimum atomic E-state index is -1.08. The molecule has 1 N–H and O–H groups in total. The Kier molecular flexibility index (Phi) is 8.86. The lowest BCUT2D eigenvalue weighted by molar-refractivity contribution is -0.126. The molecular formula is C21H26F2N2O4S. The van der Waals surface area contributed by atoms with Gasteiger partial charge in [-0.2, -0.15) is 4.39 Å². The third-order valence-corrected chi connectivity index (χ3v) is 5.04. The van der Waals surface area contributed by atoms with Crippen molar-refractivity contribution in [3.05, 3.63) is 48.2 Å². The molecule has 1 fully saturated rings. The van der Waals surface area contributed by atoms with Gasteiger partial charge in [0.2, 0.25) is 5.82 Å². The van der Waals surface area contributed by atoms with Gasteiger partial charge in [0.1, 0.15) is 11.9 Å². The molecule has 0 radical (unpaired) electrons. The van der Waals surface area contributed by atoms with E-state index in [0.29, 0.717) is 10.7 Å². The van der Waals surface area contributed by atoms with Crippen LogP contribution in [0.4, 0.5) is 14.6 Å². The lowest BCUT2D eigenvalue weighted by atomic mass is 10.2. The Labute approximate surface area is 177 Å². The summed E-state index contributed by atoms with van der Waals surface area (Å²) in [6, 6.07) is 7.16. The van der Waals surface area contributed by atoms with E-state index in [1.807, 2.05) is 6.92 Å². The molecular weight excluding hydrogens is 414 g/mol. The Morgan fingerprint density at radius 2 is 2.03 bits per heavy atom. The number of halogens is 2. The normalized spacial score (nSPS) is 19.0. The van der Waals surface area contributed by atoms with E-state index < -0.39 is 28.5 Å². The van der Waals surface area contributed by atoms with Crippen LogP contribution in [0.15, 0.2) is 41.4 Å². The minimum absolute atomic E-state index is 0.0370. The second kappa shape index (κ2) is 11.1. The van der Waals surface area contributed by atoms with Crippen LogP contribution in [0.1, 0.15) is 33.6 Å². The number of amides is 1. The van der Waals surface area contributed by atoms with E-state index in [1.54, 1.807) is 32.2 Å². The zero-order valence-electron chi connectivity index (χ0n) is 17.4. The van der Waals surface area contributed by atoms with Gasteiger partial charge in [-0.3, -0.25) is 9.00 Å². The molecule has 1 aromatic carbocycles. The van der Waals surface area contributed by atoms with Crippen molar-refractivity contribution in [1.82, 2.24) is 4.98 Å². The molecule has 6 nitrogen and oxygen atoms in total. The second-order valence-corrected chi connectivity index (χ2v) is 8.43. The molecule has 2 aromatic rings. The largest absolute Gasteiger partial charge is 0.488 e. The van der Waals surface area contributed by atoms with Crippen LogP contribution in [0.3, 0.4) is 0 Å². The third kappa shape index (κ3) is 7.14. The summed E-state index contributed by atoms with van der Waals surface area (Å²) < 4.78 is 47.2. The molecule has 0 bridgehead atoms. The predicted octanol–water partition coefficient (Wildman–Crippen LogP) is 4.08. The number of rotatable bonds is 5. The highest BCUT2D eigenvalue weighted by Gasteiger charge is 2.28. The number of hydrogen-bond donors (Lipinski definition) is 1. The van der Waals surface area contributed by atoms with Gasteiger partial charge >= 0.3 is 0 Å². The second-order valence-electron chi connectivity index (χ2n) is 7.05. The highest BCUT2D eigenvalue weighted by Crippen LogP contribution is 2.21. The van der Waals surface area contributed by atoms with Gasteiger partial charge in [-0.05, 0) is 57.9 Å². The number of carbonyl (C=O) groups is 1. The van der Waals surface area contributed by atoms with E-state index in [9.17, 15) is 17.8 Å². The molecule has 3 atom stereocenters. The topological polar surface area (TPSA) is 77.5 Å². The van der Waals surface area contributed by atoms with E-state index >= 15 is 0 Å². The predicted molar refractivity (Wildman–Crippen MR) is 111 cm³/mol. The summed E-state index contributed by atoms with van der Waals surface area (Å²) in [4.78, 5) is 16.6. The molecule has 1 aliphatic rings. The number of ether oxygens (including phenoxy) is 2. The Balaban J connectivity index is 0.000000232. The standard InChI is InChI=1S/C12H16N2O3S.C9H10F2O/c1-8-3-4-10(17-8)12(15)14-11-7-9(18(2)16)5-6-13-11;1-6(2)12-8-5-3-4-7(10)9(8)11/h5-8,10H,3-4H2,1-2H3,(H,13,14,15);3-6H,1-2H3. The molecule has 3 unspecified atom stereocenters. The molecule has 2 heterocycles. The number of aromatic nitrogens is 1. The van der Waals surface area contributed by atoms with Crippen molar-refractivity contribution in [1.29, 1.82) is 0 Å². The summed E-state index contributed by atoms with van der Waals surface area (Å²) in [6.45, 7) is 5.46. The molecule has 0 saturated carbocycles. The number of hydrogen-bond acceptors (Lipinski definition) is 5. The van der Waals surface area contributed by atoms with Crippen LogP contribution in [0, 0.1) is 11.6 Å². The van der Waals surface area contributed by atoms with Gasteiger partial charge in [-0.1, -0.05) is 6.07 Å². The smallest absolute Gasteiger partial charge is 0.254 e. The molecule has 1 aliphatic heterocycles. The number of anilines is 1. The zero-order valence-corrected chi connectivity index (χ0v) is 18.2. The van der Waals surface area contributed by atoms with Crippen LogP contribution in [0.5, 0.6) is 5.75 Å². The number of carbonyl (C=O) groups excluding carboxylic acids is 1. The first kappa shape index (κ1) is 23.9. The van der Waals surface area contributed by atoms with Crippen molar-refractivity contribution < 1.29 is 27.3 Å². The highest BCUT2D eigenvalue weighted by molar-refractivity contribution is 7.84. The first-order valence-electron chi connectivity index (χ1n) is 9.53. The summed E-state index contributed by atoms with van der Waals surface area (Å²) in [5, 5.41) is 2.69. The lowest BCUT2D eigenvalue weighted by Crippen LogP contribution is -2.28. The average molecular weight is 441 g/mol. The maximum atomic E-state index is 12.9. The van der Waals surface area contributed by atoms with E-state index in [2.05, 4.69) is 10.3 Å². The SMILES string of the molecule is CC(C)Oc1cccc(F)c1F.CC1CCC(C(=O)Nc2cc(S(C)=O)ccn2)O1. The van der Waals surface area contributed by atoms with Crippen LogP contribution >= 0.6 is 0 Å². The van der Waals surface area contributed by atoms with Crippen molar-refractivity contribution >= 4 is 22.5 Å². The minimum Gasteiger partial charge on any atom is -0.488 e. The van der Waals surface area contributed by atoms with Crippen LogP contribution in [-0.2, 0) is 20.3 Å². The Morgan fingerprint density at radius 1 is 1.30 bits per heavy atom. The fourth-order valence-corrected chi connectivity index (χ4v) is 3.22. The van der Waals surface area contributed by atoms with Crippen LogP contribution in [0.25, 0.3) is 0 Å². The molecule has 0 aliphatic carbocycles. The van der Waals surface area contributed by atoms with Gasteiger partial charge < -0.3 is 14.8 Å². The average Bonchev–Trinajstić information content (AvgIpc) is 3.12. The molecule has 164 valence electrons. The number of nitrogens with zero attached hydrogens (tertiary/aromatic N) is 1. The van der Waals surface area contributed by atoms with E-state index in [0.717, 1.165) is 18.9 Å². The molecule has 1 amide bonds. The zero-order chi connectivity index (χ0) is 22.3. The maximum absolute atomic E-state index is 12.9. The first-order valence-corrected chi connectivity index (χ1v) is 11.1. The van der Waals surface area contributed by atoms with E-state index in [1.165, 1.54) is 18.3 Å². The summed E-state index contributed by atoms with van der Waals surface area (Å²) in [5.74, 6) is -1.62. The molecule has 1 saturated heterocycles. The van der Waals surface area contributed by atoms with Gasteiger partial charge in [0, 0.05) is 28.1 Å². The Bertz CT molecular complexity index is 895. The van der Waals surface area contributed by atoms with Crippen molar-refractivity contribution in [2.45, 2.75) is 56.8 Å². The van der Waals surface area contributed by atoms with E-state index in [-0.39, 0.29) is 23.9 Å². The fraction of sp³-hybridized carbons (Fsp3) is 0.429. The Hall–Kier alpha value is -2.39. The van der Waals surface area contributed by atoms with Crippen LogP contribution < -0.4 is 10.1 Å². The number of nitrogens with one attached hydrogen (secondary N) is 1. The third-order valence-electron chi connectivity index (χ3n) is 4.12. The van der Waals surface area contributed by atoms with Crippen LogP contribution in [0.2, 0.25) is 0 Å². The van der Waals surface area contributed by atoms with Crippen molar-refractivity contribution in [2.24, 2.45) is 0 Å². The fourth-order valence-electron chi connectivity index (χ4n) is 2.69. The summed E-state index contributed by atoms with van der Waals surface area (Å²) >= 11 is 0. The van der Waals surface area contributed by atoms with Crippen molar-refractivity contribution in [3.63, 3.8) is 0 Å². The molecule has 9 heteroatoms. The van der Waals surface area contributed by atoms with Gasteiger partial charge in [0.15, 0.2) is 11.6 Å². The van der Waals surface area contributed by atoms with E-state index in [4.69, 9.17) is 9.47 Å². The summed E-state index contributed by atoms with van der Waals surface area (Å²) in [6.07, 6.45) is 4.31. The molecule has 3 rings (SSSR count). The van der Waals surface area contributed by atoms with Crippen molar-refractivity contribution in [2.75, 3.05) is 11.6 Å². The molecule has 0 spiro atoms. The van der Waals surface area contributed by atoms with Gasteiger partial charge in [0.25, 0.3) is 5.91 Å². The number of benzene rings is 1. The first-order chi connectivity index (χ1) is 14.2. The van der Waals surface area contributed by atoms with Gasteiger partial charge in [0.05, 0.1) is 12.2 Å². The molecule has 30 heavy (non-hydrogen) atoms. The van der Waals surface area contributed by atoms with Crippen molar-refractivity contribution in [3.8, 4) is 5.75 Å². The van der Waals surface area contributed by atoms with Crippen LogP contribution in [-0.4, -0.2) is 39.7 Å². The number of pyridine rings is 1.